The molecule has 0 spiro atoms. The largest absolute Gasteiger partial charge is 0.368 e. The molecule has 3 nitrogen and oxygen atoms in total. The van der Waals surface area contributed by atoms with Gasteiger partial charge < -0.3 is 5.32 Å². The fourth-order valence-corrected chi connectivity index (χ4v) is 4.18. The zero-order valence-electron chi connectivity index (χ0n) is 11.1. The molecule has 1 fully saturated rings. The van der Waals surface area contributed by atoms with Crippen molar-refractivity contribution in [1.29, 1.82) is 0 Å². The Hall–Kier alpha value is -0.870. The molecule has 1 saturated carbocycles. The van der Waals surface area contributed by atoms with Gasteiger partial charge in [-0.2, -0.15) is 0 Å². The average molecular weight is 296 g/mol. The number of hydrogen-bond acceptors (Lipinski definition) is 4. The van der Waals surface area contributed by atoms with Gasteiger partial charge in [0.1, 0.15) is 12.1 Å². The zero-order chi connectivity index (χ0) is 13.3. The van der Waals surface area contributed by atoms with E-state index < -0.39 is 0 Å². The van der Waals surface area contributed by atoms with Gasteiger partial charge in [-0.25, -0.2) is 9.97 Å². The minimum absolute atomic E-state index is 0.255. The van der Waals surface area contributed by atoms with E-state index in [0.717, 1.165) is 28.5 Å². The number of thiophene rings is 1. The molecule has 1 aliphatic rings. The number of alkyl halides is 1. The first-order chi connectivity index (χ1) is 9.24. The van der Waals surface area contributed by atoms with Gasteiger partial charge in [0.2, 0.25) is 0 Å². The van der Waals surface area contributed by atoms with Gasteiger partial charge in [-0.05, 0) is 30.7 Å². The second kappa shape index (κ2) is 5.25. The van der Waals surface area contributed by atoms with Gasteiger partial charge in [0, 0.05) is 17.8 Å². The number of hydrogen-bond donors (Lipinski definition) is 1. The van der Waals surface area contributed by atoms with Gasteiger partial charge >= 0.3 is 0 Å². The van der Waals surface area contributed by atoms with Crippen LogP contribution in [-0.2, 0) is 0 Å². The van der Waals surface area contributed by atoms with Gasteiger partial charge in [0.05, 0.1) is 10.2 Å². The van der Waals surface area contributed by atoms with Gasteiger partial charge in [-0.3, -0.25) is 0 Å². The molecule has 2 heterocycles. The van der Waals surface area contributed by atoms with Crippen LogP contribution in [0.1, 0.15) is 31.2 Å². The molecule has 0 atom stereocenters. The van der Waals surface area contributed by atoms with Crippen molar-refractivity contribution in [1.82, 2.24) is 9.97 Å². The van der Waals surface area contributed by atoms with Crippen molar-refractivity contribution < 1.29 is 0 Å². The molecule has 0 unspecified atom stereocenters. The van der Waals surface area contributed by atoms with E-state index in [2.05, 4.69) is 27.6 Å². The Kier molecular flexibility index (Phi) is 3.63. The SMILES string of the molecule is Cc1csc2c(NCC3(CCl)CCCC3)ncnc12. The summed E-state index contributed by atoms with van der Waals surface area (Å²) in [7, 11) is 0. The Morgan fingerprint density at radius 2 is 2.16 bits per heavy atom. The molecule has 5 heteroatoms. The van der Waals surface area contributed by atoms with E-state index in [1.165, 1.54) is 31.2 Å². The molecule has 3 rings (SSSR count). The molecule has 0 amide bonds. The summed E-state index contributed by atoms with van der Waals surface area (Å²) in [6, 6.07) is 0. The minimum Gasteiger partial charge on any atom is -0.368 e. The van der Waals surface area contributed by atoms with E-state index in [-0.39, 0.29) is 5.41 Å². The normalized spacial score (nSPS) is 18.0. The average Bonchev–Trinajstić information content (AvgIpc) is 3.05. The Morgan fingerprint density at radius 1 is 1.37 bits per heavy atom. The quantitative estimate of drug-likeness (QED) is 0.859. The zero-order valence-corrected chi connectivity index (χ0v) is 12.7. The van der Waals surface area contributed by atoms with Crippen LogP contribution in [0.4, 0.5) is 5.82 Å². The van der Waals surface area contributed by atoms with Crippen molar-refractivity contribution in [2.75, 3.05) is 17.7 Å². The van der Waals surface area contributed by atoms with Crippen LogP contribution >= 0.6 is 22.9 Å². The molecule has 1 N–H and O–H groups in total. The van der Waals surface area contributed by atoms with Crippen LogP contribution in [-0.4, -0.2) is 22.4 Å². The van der Waals surface area contributed by atoms with E-state index >= 15 is 0 Å². The van der Waals surface area contributed by atoms with Crippen molar-refractivity contribution in [3.8, 4) is 0 Å². The third kappa shape index (κ3) is 2.43. The molecule has 1 aliphatic carbocycles. The summed E-state index contributed by atoms with van der Waals surface area (Å²) in [5.74, 6) is 1.69. The standard InChI is InChI=1S/C14H18ClN3S/c1-10-6-19-12-11(10)17-9-18-13(12)16-8-14(7-15)4-2-3-5-14/h6,9H,2-5,7-8H2,1H3,(H,16,17,18). The fraction of sp³-hybridized carbons (Fsp3) is 0.571. The van der Waals surface area contributed by atoms with Gasteiger partial charge in [-0.1, -0.05) is 12.8 Å². The summed E-state index contributed by atoms with van der Waals surface area (Å²) in [6.45, 7) is 3.01. The lowest BCUT2D eigenvalue weighted by molar-refractivity contribution is 0.368. The van der Waals surface area contributed by atoms with Crippen molar-refractivity contribution in [3.05, 3.63) is 17.3 Å². The van der Waals surface area contributed by atoms with Crippen molar-refractivity contribution in [2.24, 2.45) is 5.41 Å². The lowest BCUT2D eigenvalue weighted by atomic mass is 9.88. The molecule has 0 bridgehead atoms. The van der Waals surface area contributed by atoms with E-state index in [4.69, 9.17) is 11.6 Å². The summed E-state index contributed by atoms with van der Waals surface area (Å²) in [4.78, 5) is 8.74. The Morgan fingerprint density at radius 3 is 2.89 bits per heavy atom. The Labute approximate surface area is 122 Å². The number of fused-ring (bicyclic) bond motifs is 1. The number of nitrogens with one attached hydrogen (secondary N) is 1. The molecule has 0 saturated heterocycles. The summed E-state index contributed by atoms with van der Waals surface area (Å²) >= 11 is 7.89. The summed E-state index contributed by atoms with van der Waals surface area (Å²) in [5.41, 5.74) is 2.54. The van der Waals surface area contributed by atoms with E-state index in [0.29, 0.717) is 0 Å². The van der Waals surface area contributed by atoms with E-state index in [9.17, 15) is 0 Å². The summed E-state index contributed by atoms with van der Waals surface area (Å²) in [6.07, 6.45) is 6.69. The van der Waals surface area contributed by atoms with Gasteiger partial charge in [0.15, 0.2) is 0 Å². The van der Waals surface area contributed by atoms with Crippen LogP contribution in [0.5, 0.6) is 0 Å². The van der Waals surface area contributed by atoms with Crippen LogP contribution in [0.25, 0.3) is 10.2 Å². The van der Waals surface area contributed by atoms with Crippen LogP contribution in [0, 0.1) is 12.3 Å². The third-order valence-electron chi connectivity index (χ3n) is 4.11. The first-order valence-corrected chi connectivity index (χ1v) is 8.14. The Bertz CT molecular complexity index is 575. The number of rotatable bonds is 4. The van der Waals surface area contributed by atoms with Crippen molar-refractivity contribution in [3.63, 3.8) is 0 Å². The number of anilines is 1. The van der Waals surface area contributed by atoms with E-state index in [1.807, 2.05) is 0 Å². The summed E-state index contributed by atoms with van der Waals surface area (Å²) in [5, 5.41) is 5.65. The molecule has 2 aromatic heterocycles. The first-order valence-electron chi connectivity index (χ1n) is 6.73. The predicted molar refractivity (Wildman–Crippen MR) is 82.3 cm³/mol. The smallest absolute Gasteiger partial charge is 0.147 e. The van der Waals surface area contributed by atoms with Gasteiger partial charge in [0.25, 0.3) is 0 Å². The molecule has 0 radical (unpaired) electrons. The highest BCUT2D eigenvalue weighted by Gasteiger charge is 2.33. The topological polar surface area (TPSA) is 37.8 Å². The lowest BCUT2D eigenvalue weighted by Gasteiger charge is -2.26. The van der Waals surface area contributed by atoms with Crippen molar-refractivity contribution >= 4 is 39.0 Å². The molecule has 0 aliphatic heterocycles. The highest BCUT2D eigenvalue weighted by atomic mass is 35.5. The molecule has 19 heavy (non-hydrogen) atoms. The predicted octanol–water partition coefficient (Wildman–Crippen LogP) is 4.21. The van der Waals surface area contributed by atoms with Gasteiger partial charge in [-0.15, -0.1) is 22.9 Å². The second-order valence-electron chi connectivity index (χ2n) is 5.51. The van der Waals surface area contributed by atoms with E-state index in [1.54, 1.807) is 17.7 Å². The molecule has 2 aromatic rings. The van der Waals surface area contributed by atoms with Crippen LogP contribution in [0.2, 0.25) is 0 Å². The lowest BCUT2D eigenvalue weighted by Crippen LogP contribution is -2.28. The first kappa shape index (κ1) is 13.1. The van der Waals surface area contributed by atoms with Crippen LogP contribution < -0.4 is 5.32 Å². The number of nitrogens with zero attached hydrogens (tertiary/aromatic N) is 2. The number of aromatic nitrogens is 2. The molecular formula is C14H18ClN3S. The molecule has 102 valence electrons. The summed E-state index contributed by atoms with van der Waals surface area (Å²) < 4.78 is 1.16. The number of halogens is 1. The maximum Gasteiger partial charge on any atom is 0.147 e. The monoisotopic (exact) mass is 295 g/mol. The highest BCUT2D eigenvalue weighted by molar-refractivity contribution is 7.18. The molecule has 0 aromatic carbocycles. The Balaban J connectivity index is 1.82. The van der Waals surface area contributed by atoms with Crippen LogP contribution in [0.15, 0.2) is 11.7 Å². The maximum atomic E-state index is 6.18. The number of aryl methyl sites for hydroxylation is 1. The minimum atomic E-state index is 0.255. The molecular weight excluding hydrogens is 278 g/mol. The maximum absolute atomic E-state index is 6.18. The third-order valence-corrected chi connectivity index (χ3v) is 5.77. The highest BCUT2D eigenvalue weighted by Crippen LogP contribution is 2.39. The van der Waals surface area contributed by atoms with Crippen molar-refractivity contribution in [2.45, 2.75) is 32.6 Å². The fourth-order valence-electron chi connectivity index (χ4n) is 2.85. The van der Waals surface area contributed by atoms with Crippen LogP contribution in [0.3, 0.4) is 0 Å². The second-order valence-corrected chi connectivity index (χ2v) is 6.66.